The van der Waals surface area contributed by atoms with Crippen LogP contribution in [0.25, 0.3) is 0 Å². The third kappa shape index (κ3) is 2.75. The number of hydrogen-bond acceptors (Lipinski definition) is 3. The molecular weight excluding hydrogens is 230 g/mol. The molecule has 1 saturated carbocycles. The Hall–Kier alpha value is -1.71. The summed E-state index contributed by atoms with van der Waals surface area (Å²) in [6.45, 7) is 0. The number of amides is 1. The topological polar surface area (TPSA) is 47.6 Å². The second kappa shape index (κ2) is 5.76. The first-order valence-corrected chi connectivity index (χ1v) is 6.27. The molecule has 4 heteroatoms. The van der Waals surface area contributed by atoms with Gasteiger partial charge in [-0.05, 0) is 25.0 Å². The van der Waals surface area contributed by atoms with E-state index in [1.54, 1.807) is 20.3 Å². The average molecular weight is 249 g/mol. The number of benzene rings is 1. The molecular formula is C14H19NO3. The van der Waals surface area contributed by atoms with Gasteiger partial charge in [0.15, 0.2) is 0 Å². The van der Waals surface area contributed by atoms with E-state index < -0.39 is 0 Å². The number of methoxy groups -OCH3 is 2. The molecule has 0 aromatic heterocycles. The summed E-state index contributed by atoms with van der Waals surface area (Å²) < 4.78 is 10.4. The van der Waals surface area contributed by atoms with Gasteiger partial charge in [0, 0.05) is 12.0 Å². The van der Waals surface area contributed by atoms with E-state index in [-0.39, 0.29) is 11.8 Å². The normalized spacial score (nSPS) is 15.4. The molecule has 0 heterocycles. The highest BCUT2D eigenvalue weighted by atomic mass is 16.5. The van der Waals surface area contributed by atoms with Gasteiger partial charge in [-0.25, -0.2) is 0 Å². The van der Waals surface area contributed by atoms with Crippen LogP contribution in [0.2, 0.25) is 0 Å². The number of nitrogens with one attached hydrogen (secondary N) is 1. The van der Waals surface area contributed by atoms with Crippen LogP contribution in [0.4, 0.5) is 5.69 Å². The Morgan fingerprint density at radius 1 is 1.22 bits per heavy atom. The van der Waals surface area contributed by atoms with E-state index in [1.165, 1.54) is 0 Å². The molecule has 1 aromatic rings. The molecule has 4 nitrogen and oxygen atoms in total. The Morgan fingerprint density at radius 2 is 1.94 bits per heavy atom. The number of rotatable bonds is 4. The first kappa shape index (κ1) is 12.7. The molecule has 0 saturated heterocycles. The molecule has 1 N–H and O–H groups in total. The fourth-order valence-corrected chi connectivity index (χ4v) is 2.32. The number of ether oxygens (including phenoxy) is 2. The zero-order chi connectivity index (χ0) is 13.0. The van der Waals surface area contributed by atoms with E-state index in [0.717, 1.165) is 25.7 Å². The first-order valence-electron chi connectivity index (χ1n) is 6.27. The monoisotopic (exact) mass is 249 g/mol. The van der Waals surface area contributed by atoms with Crippen molar-refractivity contribution in [3.63, 3.8) is 0 Å². The minimum absolute atomic E-state index is 0.0935. The lowest BCUT2D eigenvalue weighted by Gasteiger charge is -2.14. The van der Waals surface area contributed by atoms with Crippen molar-refractivity contribution in [1.82, 2.24) is 0 Å². The first-order chi connectivity index (χ1) is 8.74. The molecule has 0 bridgehead atoms. The van der Waals surface area contributed by atoms with Crippen molar-refractivity contribution in [3.8, 4) is 11.5 Å². The Balaban J connectivity index is 2.10. The molecule has 1 aliphatic carbocycles. The van der Waals surface area contributed by atoms with Crippen molar-refractivity contribution < 1.29 is 14.3 Å². The lowest BCUT2D eigenvalue weighted by molar-refractivity contribution is -0.119. The van der Waals surface area contributed by atoms with E-state index >= 15 is 0 Å². The third-order valence-electron chi connectivity index (χ3n) is 3.39. The van der Waals surface area contributed by atoms with Gasteiger partial charge in [-0.15, -0.1) is 0 Å². The molecule has 0 unspecified atom stereocenters. The highest BCUT2D eigenvalue weighted by molar-refractivity contribution is 5.94. The van der Waals surface area contributed by atoms with Crippen molar-refractivity contribution in [2.45, 2.75) is 25.7 Å². The number of hydrogen-bond donors (Lipinski definition) is 1. The largest absolute Gasteiger partial charge is 0.497 e. The second-order valence-electron chi connectivity index (χ2n) is 4.54. The summed E-state index contributed by atoms with van der Waals surface area (Å²) in [7, 11) is 3.19. The van der Waals surface area contributed by atoms with Crippen molar-refractivity contribution in [3.05, 3.63) is 18.2 Å². The van der Waals surface area contributed by atoms with Gasteiger partial charge >= 0.3 is 0 Å². The van der Waals surface area contributed by atoms with E-state index in [2.05, 4.69) is 5.32 Å². The van der Waals surface area contributed by atoms with Crippen LogP contribution < -0.4 is 14.8 Å². The highest BCUT2D eigenvalue weighted by Gasteiger charge is 2.23. The van der Waals surface area contributed by atoms with Gasteiger partial charge in [0.2, 0.25) is 5.91 Å². The van der Waals surface area contributed by atoms with E-state index in [9.17, 15) is 4.79 Å². The van der Waals surface area contributed by atoms with Crippen LogP contribution in [0.15, 0.2) is 18.2 Å². The van der Waals surface area contributed by atoms with Gasteiger partial charge in [-0.2, -0.15) is 0 Å². The Labute approximate surface area is 107 Å². The summed E-state index contributed by atoms with van der Waals surface area (Å²) in [5.74, 6) is 1.58. The minimum atomic E-state index is 0.0935. The minimum Gasteiger partial charge on any atom is -0.497 e. The molecule has 0 atom stereocenters. The molecule has 0 spiro atoms. The van der Waals surface area contributed by atoms with Crippen LogP contribution in [-0.2, 0) is 4.79 Å². The van der Waals surface area contributed by atoms with Crippen LogP contribution in [0.3, 0.4) is 0 Å². The Kier molecular flexibility index (Phi) is 4.07. The van der Waals surface area contributed by atoms with Gasteiger partial charge in [0.05, 0.1) is 19.9 Å². The quantitative estimate of drug-likeness (QED) is 0.892. The summed E-state index contributed by atoms with van der Waals surface area (Å²) in [5, 5.41) is 2.94. The summed E-state index contributed by atoms with van der Waals surface area (Å²) in [6.07, 6.45) is 4.28. The van der Waals surface area contributed by atoms with Crippen molar-refractivity contribution >= 4 is 11.6 Å². The van der Waals surface area contributed by atoms with Gasteiger partial charge in [0.25, 0.3) is 0 Å². The van der Waals surface area contributed by atoms with Gasteiger partial charge < -0.3 is 14.8 Å². The Morgan fingerprint density at radius 3 is 2.56 bits per heavy atom. The summed E-state index contributed by atoms with van der Waals surface area (Å²) in [5.41, 5.74) is 0.704. The molecule has 98 valence electrons. The van der Waals surface area contributed by atoms with Gasteiger partial charge in [-0.3, -0.25) is 4.79 Å². The van der Waals surface area contributed by atoms with Crippen molar-refractivity contribution in [2.75, 3.05) is 19.5 Å². The van der Waals surface area contributed by atoms with Crippen LogP contribution in [0.5, 0.6) is 11.5 Å². The maximum Gasteiger partial charge on any atom is 0.227 e. The van der Waals surface area contributed by atoms with E-state index in [1.807, 2.05) is 12.1 Å². The summed E-state index contributed by atoms with van der Waals surface area (Å²) in [4.78, 5) is 12.0. The zero-order valence-electron chi connectivity index (χ0n) is 10.9. The van der Waals surface area contributed by atoms with Gasteiger partial charge in [0.1, 0.15) is 11.5 Å². The summed E-state index contributed by atoms with van der Waals surface area (Å²) >= 11 is 0. The van der Waals surface area contributed by atoms with Gasteiger partial charge in [-0.1, -0.05) is 12.8 Å². The highest BCUT2D eigenvalue weighted by Crippen LogP contribution is 2.31. The van der Waals surface area contributed by atoms with Crippen LogP contribution in [-0.4, -0.2) is 20.1 Å². The van der Waals surface area contributed by atoms with Crippen LogP contribution in [0, 0.1) is 5.92 Å². The standard InChI is InChI=1S/C14H19NO3/c1-17-11-7-8-12(13(9-11)18-2)15-14(16)10-5-3-4-6-10/h7-10H,3-6H2,1-2H3,(H,15,16). The molecule has 2 rings (SSSR count). The Bertz CT molecular complexity index is 425. The number of anilines is 1. The lowest BCUT2D eigenvalue weighted by Crippen LogP contribution is -2.20. The van der Waals surface area contributed by atoms with Crippen molar-refractivity contribution in [1.29, 1.82) is 0 Å². The molecule has 0 aliphatic heterocycles. The number of carbonyl (C=O) groups is 1. The van der Waals surface area contributed by atoms with Crippen LogP contribution in [0.1, 0.15) is 25.7 Å². The predicted molar refractivity (Wildman–Crippen MR) is 70.1 cm³/mol. The molecule has 1 amide bonds. The molecule has 0 radical (unpaired) electrons. The zero-order valence-corrected chi connectivity index (χ0v) is 10.9. The lowest BCUT2D eigenvalue weighted by atomic mass is 10.1. The molecule has 1 aromatic carbocycles. The van der Waals surface area contributed by atoms with E-state index in [4.69, 9.17) is 9.47 Å². The molecule has 18 heavy (non-hydrogen) atoms. The third-order valence-corrected chi connectivity index (χ3v) is 3.39. The smallest absolute Gasteiger partial charge is 0.227 e. The maximum absolute atomic E-state index is 12.0. The fourth-order valence-electron chi connectivity index (χ4n) is 2.32. The average Bonchev–Trinajstić information content (AvgIpc) is 2.93. The summed E-state index contributed by atoms with van der Waals surface area (Å²) in [6, 6.07) is 5.39. The van der Waals surface area contributed by atoms with Crippen LogP contribution >= 0.6 is 0 Å². The fraction of sp³-hybridized carbons (Fsp3) is 0.500. The molecule has 1 aliphatic rings. The second-order valence-corrected chi connectivity index (χ2v) is 4.54. The number of carbonyl (C=O) groups excluding carboxylic acids is 1. The molecule has 1 fully saturated rings. The van der Waals surface area contributed by atoms with E-state index in [0.29, 0.717) is 17.2 Å². The predicted octanol–water partition coefficient (Wildman–Crippen LogP) is 2.83. The maximum atomic E-state index is 12.0. The van der Waals surface area contributed by atoms with Crippen molar-refractivity contribution in [2.24, 2.45) is 5.92 Å². The SMILES string of the molecule is COc1ccc(NC(=O)C2CCCC2)c(OC)c1.